The van der Waals surface area contributed by atoms with Crippen LogP contribution in [-0.4, -0.2) is 143 Å². The summed E-state index contributed by atoms with van der Waals surface area (Å²) in [6.45, 7) is -3.01. The molecule has 0 N–H and O–H groups in total. The molecule has 0 amide bonds. The molecular weight excluding hydrogens is 1580 g/mol. The van der Waals surface area contributed by atoms with Crippen molar-refractivity contribution in [1.29, 1.82) is 0 Å². The van der Waals surface area contributed by atoms with Gasteiger partial charge in [0.2, 0.25) is 0 Å². The van der Waals surface area contributed by atoms with Crippen LogP contribution in [0.4, 0.5) is 224 Å². The summed E-state index contributed by atoms with van der Waals surface area (Å²) in [6.07, 6.45) is -15.0. The lowest BCUT2D eigenvalue weighted by Crippen LogP contribution is -2.75. The summed E-state index contributed by atoms with van der Waals surface area (Å²) in [6, 6.07) is -11.2. The minimum atomic E-state index is -9.46. The van der Waals surface area contributed by atoms with Gasteiger partial charge >= 0.3 is 142 Å². The third-order valence-corrected chi connectivity index (χ3v) is 16.6. The number of benzene rings is 3. The van der Waals surface area contributed by atoms with Gasteiger partial charge in [0.15, 0.2) is 18.5 Å². The van der Waals surface area contributed by atoms with E-state index >= 15 is 79.0 Å². The van der Waals surface area contributed by atoms with Gasteiger partial charge in [0.25, 0.3) is 0 Å². The van der Waals surface area contributed by atoms with Gasteiger partial charge in [0.1, 0.15) is 0 Å². The Kier molecular flexibility index (Phi) is 21.8. The maximum atomic E-state index is 15.8. The fraction of sp³-hybridized carbons (Fsp3) is 0.625. The fourth-order valence-corrected chi connectivity index (χ4v) is 10.3. The molecule has 3 unspecified atom stereocenters. The first-order chi connectivity index (χ1) is 43.3. The average molecular weight is 1600 g/mol. The van der Waals surface area contributed by atoms with Crippen molar-refractivity contribution in [3.05, 3.63) is 89.5 Å². The summed E-state index contributed by atoms with van der Waals surface area (Å²) in [5.74, 6) is -211. The van der Waals surface area contributed by atoms with E-state index in [0.717, 1.165) is 0 Å². The molecule has 0 fully saturated rings. The summed E-state index contributed by atoms with van der Waals surface area (Å²) in [4.78, 5) is 0. The van der Waals surface area contributed by atoms with Gasteiger partial charge in [-0.25, -0.2) is 13.2 Å². The van der Waals surface area contributed by atoms with E-state index in [0.29, 0.717) is 0 Å². The van der Waals surface area contributed by atoms with E-state index < -0.39 is 295 Å². The van der Waals surface area contributed by atoms with Crippen molar-refractivity contribution >= 4 is 23.8 Å². The molecule has 3 aromatic rings. The Morgan fingerprint density at radius 2 is 0.330 bits per heavy atom. The molecule has 0 saturated heterocycles. The zero-order chi connectivity index (χ0) is 80.3. The largest absolute Gasteiger partial charge is 0.385 e. The maximum absolute atomic E-state index is 15.8. The van der Waals surface area contributed by atoms with Gasteiger partial charge in [-0.3, -0.25) is 0 Å². The third kappa shape index (κ3) is 11.3. The SMILES string of the molecule is CC(F)C(F)(F)C(F)(F)C(F)(F)C(F)(F)C(F)(F)C(F)(F)C(F)(F)C(F)(F)c1cccc(P(c2cccc(C(F)(F)C(F)(F)C(F)(F)C(F)(F)C(F)(F)C(F)(F)C(F)(F)C(F)(F)C(C)F)c2)c2cccc(C(F)(F)C(F)(F)C(F)(F)C(F)(F)C(F)(F)C(F)(F)C(F)(F)C(F)(F)C(C)F)c2)c1. The topological polar surface area (TPSA) is 0 Å². The highest BCUT2D eigenvalue weighted by Crippen LogP contribution is 2.70. The summed E-state index contributed by atoms with van der Waals surface area (Å²) in [7, 11) is -5.04. The molecule has 0 aliphatic rings. The Bertz CT molecular complexity index is 3050. The van der Waals surface area contributed by atoms with Gasteiger partial charge in [-0.2, -0.15) is 211 Å². The van der Waals surface area contributed by atoms with Crippen LogP contribution in [0.25, 0.3) is 0 Å². The Hall–Kier alpha value is -5.48. The predicted molar refractivity (Wildman–Crippen MR) is 232 cm³/mol. The van der Waals surface area contributed by atoms with Crippen molar-refractivity contribution < 1.29 is 224 Å². The molecule has 0 radical (unpaired) electrons. The second kappa shape index (κ2) is 24.6. The van der Waals surface area contributed by atoms with Gasteiger partial charge in [-0.05, 0) is 62.8 Å². The van der Waals surface area contributed by atoms with Crippen LogP contribution in [-0.2, 0) is 17.8 Å². The van der Waals surface area contributed by atoms with Crippen LogP contribution in [0.2, 0.25) is 0 Å². The number of rotatable bonds is 30. The molecule has 0 nitrogen and oxygen atoms in total. The summed E-state index contributed by atoms with van der Waals surface area (Å²) in [5.41, 5.74) is -10.9. The first-order valence-electron chi connectivity index (χ1n) is 24.5. The quantitative estimate of drug-likeness (QED) is 0.0461. The molecular formula is C48H24F51P. The van der Waals surface area contributed by atoms with E-state index in [-0.39, 0.29) is 0 Å². The fourth-order valence-electron chi connectivity index (χ4n) is 7.85. The van der Waals surface area contributed by atoms with Crippen LogP contribution in [0, 0.1) is 0 Å². The Labute approximate surface area is 518 Å². The van der Waals surface area contributed by atoms with Crippen LogP contribution < -0.4 is 15.9 Å². The van der Waals surface area contributed by atoms with Gasteiger partial charge < -0.3 is 0 Å². The molecule has 52 heteroatoms. The highest BCUT2D eigenvalue weighted by molar-refractivity contribution is 7.79. The molecule has 0 heterocycles. The van der Waals surface area contributed by atoms with Crippen LogP contribution in [0.1, 0.15) is 37.5 Å². The smallest absolute Gasteiger partial charge is 0.241 e. The van der Waals surface area contributed by atoms with Crippen molar-refractivity contribution in [2.24, 2.45) is 0 Å². The zero-order valence-corrected chi connectivity index (χ0v) is 47.3. The number of hydrogen-bond donors (Lipinski definition) is 0. The Balaban J connectivity index is 2.63. The maximum Gasteiger partial charge on any atom is 0.385 e. The highest BCUT2D eigenvalue weighted by Gasteiger charge is 2.99. The first-order valence-corrected chi connectivity index (χ1v) is 25.8. The van der Waals surface area contributed by atoms with Crippen molar-refractivity contribution in [2.75, 3.05) is 0 Å². The van der Waals surface area contributed by atoms with Gasteiger partial charge in [-0.15, -0.1) is 0 Å². The van der Waals surface area contributed by atoms with Gasteiger partial charge in [-0.1, -0.05) is 54.6 Å². The molecule has 0 aliphatic heterocycles. The molecule has 3 atom stereocenters. The van der Waals surface area contributed by atoms with Crippen LogP contribution in [0.5, 0.6) is 0 Å². The number of alkyl halides is 51. The normalized spacial score (nSPS) is 17.3. The lowest BCUT2D eigenvalue weighted by molar-refractivity contribution is -0.456. The first kappa shape index (κ1) is 88.7. The van der Waals surface area contributed by atoms with Crippen molar-refractivity contribution in [3.63, 3.8) is 0 Å². The second-order valence-corrected chi connectivity index (χ2v) is 23.0. The molecule has 0 spiro atoms. The summed E-state index contributed by atoms with van der Waals surface area (Å²) >= 11 is 0. The number of halogens is 51. The lowest BCUT2D eigenvalue weighted by atomic mass is 9.85. The molecule has 0 aliphatic carbocycles. The molecule has 0 saturated carbocycles. The summed E-state index contributed by atoms with van der Waals surface area (Å²) in [5, 5.41) is -7.18. The van der Waals surface area contributed by atoms with Crippen molar-refractivity contribution in [3.8, 4) is 0 Å². The van der Waals surface area contributed by atoms with Crippen molar-refractivity contribution in [2.45, 2.75) is 181 Å². The van der Waals surface area contributed by atoms with E-state index in [1.165, 1.54) is 0 Å². The Morgan fingerprint density at radius 1 is 0.200 bits per heavy atom. The van der Waals surface area contributed by atoms with E-state index in [4.69, 9.17) is 0 Å². The van der Waals surface area contributed by atoms with E-state index in [2.05, 4.69) is 0 Å². The van der Waals surface area contributed by atoms with E-state index in [9.17, 15) is 145 Å². The average Bonchev–Trinajstić information content (AvgIpc) is 0.701. The van der Waals surface area contributed by atoms with E-state index in [1.807, 2.05) is 0 Å². The minimum Gasteiger partial charge on any atom is -0.241 e. The van der Waals surface area contributed by atoms with E-state index in [1.54, 1.807) is 0 Å². The second-order valence-electron chi connectivity index (χ2n) is 20.8. The van der Waals surface area contributed by atoms with Gasteiger partial charge in [0.05, 0.1) is 0 Å². The van der Waals surface area contributed by atoms with Gasteiger partial charge in [0, 0.05) is 16.7 Å². The third-order valence-electron chi connectivity index (χ3n) is 14.3. The zero-order valence-electron chi connectivity index (χ0n) is 46.4. The summed E-state index contributed by atoms with van der Waals surface area (Å²) < 4.78 is 746. The standard InChI is InChI=1S/C48H24F51P/c1-16(49)25(52,53)31(64,65)37(76,77)43(88,89)46(94,95)40(82,83)34(70,71)28(58,59)19-7-4-10-22(13-19)100(23-11-5-8-20(14-23)29(60,61)35(72,73)41(84,85)47(96,97)44(90,91)38(78,79)32(66,67)26(54,55)17(2)50)24-12-6-9-21(15-24)30(62,63)36(74,75)42(86,87)48(98,99)45(92,93)39(80,81)33(68,69)27(56,57)18(3)51/h4-18H,1-3H3. The van der Waals surface area contributed by atoms with Crippen LogP contribution >= 0.6 is 7.92 Å². The molecule has 3 rings (SSSR count). The molecule has 100 heavy (non-hydrogen) atoms. The lowest BCUT2D eigenvalue weighted by Gasteiger charge is -2.44. The number of hydrogen-bond acceptors (Lipinski definition) is 0. The Morgan fingerprint density at radius 3 is 0.470 bits per heavy atom. The molecule has 0 bridgehead atoms. The predicted octanol–water partition coefficient (Wildman–Crippen LogP) is 21.1. The highest BCUT2D eigenvalue weighted by atomic mass is 31.1. The van der Waals surface area contributed by atoms with Crippen molar-refractivity contribution in [1.82, 2.24) is 0 Å². The van der Waals surface area contributed by atoms with Crippen LogP contribution in [0.15, 0.2) is 72.8 Å². The minimum absolute atomic E-state index is 0.502. The van der Waals surface area contributed by atoms with Crippen LogP contribution in [0.3, 0.4) is 0 Å². The molecule has 578 valence electrons. The molecule has 0 aromatic heterocycles. The monoisotopic (exact) mass is 1600 g/mol. The molecule has 3 aromatic carbocycles.